The summed E-state index contributed by atoms with van der Waals surface area (Å²) in [7, 11) is 0. The fourth-order valence-electron chi connectivity index (χ4n) is 3.74. The first-order valence-electron chi connectivity index (χ1n) is 7.25. The number of nitrogens with one attached hydrogen (secondary N) is 1. The molecule has 3 aliphatic heterocycles. The van der Waals surface area contributed by atoms with Crippen LogP contribution in [0.5, 0.6) is 11.5 Å². The third-order valence-electron chi connectivity index (χ3n) is 4.75. The third kappa shape index (κ3) is 1.99. The molecule has 2 bridgehead atoms. The number of rotatable bonds is 1. The molecule has 1 aromatic carbocycles. The molecule has 0 aliphatic carbocycles. The highest BCUT2D eigenvalue weighted by molar-refractivity contribution is 5.44. The largest absolute Gasteiger partial charge is 0.508 e. The first kappa shape index (κ1) is 11.6. The summed E-state index contributed by atoms with van der Waals surface area (Å²) in [4.78, 5) is 2.56. The molecule has 0 radical (unpaired) electrons. The molecule has 1 aromatic rings. The minimum atomic E-state index is 0.288. The van der Waals surface area contributed by atoms with Gasteiger partial charge in [0.25, 0.3) is 0 Å². The predicted octanol–water partition coefficient (Wildman–Crippen LogP) is 1.65. The van der Waals surface area contributed by atoms with Gasteiger partial charge in [0.05, 0.1) is 6.04 Å². The Morgan fingerprint density at radius 3 is 3.05 bits per heavy atom. The summed E-state index contributed by atoms with van der Waals surface area (Å²) in [6.45, 7) is 2.98. The average molecular weight is 260 g/mol. The third-order valence-corrected chi connectivity index (χ3v) is 4.75. The molecular weight excluding hydrogens is 240 g/mol. The van der Waals surface area contributed by atoms with Crippen LogP contribution in [-0.4, -0.2) is 41.8 Å². The summed E-state index contributed by atoms with van der Waals surface area (Å²) in [6, 6.07) is 7.24. The van der Waals surface area contributed by atoms with Crippen LogP contribution >= 0.6 is 0 Å². The molecule has 2 N–H and O–H groups in total. The van der Waals surface area contributed by atoms with Crippen molar-refractivity contribution in [2.75, 3.05) is 19.7 Å². The van der Waals surface area contributed by atoms with Crippen molar-refractivity contribution in [2.24, 2.45) is 0 Å². The van der Waals surface area contributed by atoms with Gasteiger partial charge >= 0.3 is 0 Å². The van der Waals surface area contributed by atoms with Crippen LogP contribution in [0.4, 0.5) is 0 Å². The lowest BCUT2D eigenvalue weighted by molar-refractivity contribution is 0.156. The lowest BCUT2D eigenvalue weighted by Crippen LogP contribution is -2.38. The number of ether oxygens (including phenoxy) is 1. The van der Waals surface area contributed by atoms with Gasteiger partial charge in [-0.2, -0.15) is 0 Å². The van der Waals surface area contributed by atoms with Crippen LogP contribution in [-0.2, 0) is 0 Å². The molecular formula is C15H20N2O2. The van der Waals surface area contributed by atoms with Crippen molar-refractivity contribution in [2.45, 2.75) is 37.4 Å². The van der Waals surface area contributed by atoms with Crippen molar-refractivity contribution in [3.63, 3.8) is 0 Å². The highest BCUT2D eigenvalue weighted by Gasteiger charge is 2.35. The highest BCUT2D eigenvalue weighted by Crippen LogP contribution is 2.39. The molecule has 4 heteroatoms. The number of hydrogen-bond donors (Lipinski definition) is 2. The average Bonchev–Trinajstić information content (AvgIpc) is 2.93. The second-order valence-corrected chi connectivity index (χ2v) is 5.97. The first-order chi connectivity index (χ1) is 9.29. The zero-order valence-electron chi connectivity index (χ0n) is 11.0. The van der Waals surface area contributed by atoms with Crippen LogP contribution in [0.15, 0.2) is 18.2 Å². The quantitative estimate of drug-likeness (QED) is 0.806. The second-order valence-electron chi connectivity index (χ2n) is 5.97. The molecule has 3 heterocycles. The minimum Gasteiger partial charge on any atom is -0.508 e. The lowest BCUT2D eigenvalue weighted by atomic mass is 10.0. The number of nitrogens with zero attached hydrogens (tertiary/aromatic N) is 1. The van der Waals surface area contributed by atoms with Crippen LogP contribution in [0.1, 0.15) is 30.9 Å². The zero-order chi connectivity index (χ0) is 12.8. The number of benzene rings is 1. The summed E-state index contributed by atoms with van der Waals surface area (Å²) in [5, 5.41) is 13.2. The van der Waals surface area contributed by atoms with Crippen LogP contribution < -0.4 is 10.1 Å². The van der Waals surface area contributed by atoms with Gasteiger partial charge in [-0.25, -0.2) is 0 Å². The van der Waals surface area contributed by atoms with E-state index in [1.54, 1.807) is 12.1 Å². The molecule has 0 amide bonds. The number of fused-ring (bicyclic) bond motifs is 3. The maximum absolute atomic E-state index is 9.52. The Balaban J connectivity index is 1.58. The van der Waals surface area contributed by atoms with E-state index in [9.17, 15) is 5.11 Å². The zero-order valence-corrected chi connectivity index (χ0v) is 11.0. The Bertz CT molecular complexity index is 491. The summed E-state index contributed by atoms with van der Waals surface area (Å²) in [5.41, 5.74) is 1.23. The van der Waals surface area contributed by atoms with Crippen molar-refractivity contribution in [3.05, 3.63) is 23.8 Å². The van der Waals surface area contributed by atoms with E-state index in [0.29, 0.717) is 12.1 Å². The van der Waals surface area contributed by atoms with Gasteiger partial charge in [-0.05, 0) is 31.4 Å². The highest BCUT2D eigenvalue weighted by atomic mass is 16.5. The predicted molar refractivity (Wildman–Crippen MR) is 72.5 cm³/mol. The van der Waals surface area contributed by atoms with Crippen molar-refractivity contribution in [1.82, 2.24) is 10.2 Å². The molecule has 4 nitrogen and oxygen atoms in total. The topological polar surface area (TPSA) is 44.7 Å². The molecule has 2 fully saturated rings. The van der Waals surface area contributed by atoms with Crippen molar-refractivity contribution in [1.29, 1.82) is 0 Å². The second kappa shape index (κ2) is 4.39. The maximum Gasteiger partial charge on any atom is 0.127 e. The van der Waals surface area contributed by atoms with E-state index in [1.807, 2.05) is 6.07 Å². The van der Waals surface area contributed by atoms with E-state index >= 15 is 0 Å². The number of hydrogen-bond acceptors (Lipinski definition) is 4. The number of phenolic OH excluding ortho intramolecular Hbond substituents is 1. The molecule has 0 spiro atoms. The van der Waals surface area contributed by atoms with E-state index in [2.05, 4.69) is 10.2 Å². The van der Waals surface area contributed by atoms with Gasteiger partial charge in [0.2, 0.25) is 0 Å². The Morgan fingerprint density at radius 2 is 2.11 bits per heavy atom. The normalized spacial score (nSPS) is 33.8. The molecule has 102 valence electrons. The van der Waals surface area contributed by atoms with Gasteiger partial charge in [0.1, 0.15) is 18.1 Å². The van der Waals surface area contributed by atoms with Gasteiger partial charge in [-0.3, -0.25) is 4.90 Å². The van der Waals surface area contributed by atoms with Crippen LogP contribution in [0.3, 0.4) is 0 Å². The summed E-state index contributed by atoms with van der Waals surface area (Å²) < 4.78 is 5.74. The van der Waals surface area contributed by atoms with E-state index in [0.717, 1.165) is 31.5 Å². The summed E-state index contributed by atoms with van der Waals surface area (Å²) in [6.07, 6.45) is 3.88. The molecule has 2 saturated heterocycles. The minimum absolute atomic E-state index is 0.288. The van der Waals surface area contributed by atoms with Crippen molar-refractivity contribution < 1.29 is 9.84 Å². The van der Waals surface area contributed by atoms with Crippen molar-refractivity contribution in [3.8, 4) is 11.5 Å². The van der Waals surface area contributed by atoms with Crippen LogP contribution in [0.25, 0.3) is 0 Å². The van der Waals surface area contributed by atoms with Gasteiger partial charge in [-0.1, -0.05) is 0 Å². The molecule has 4 rings (SSSR count). The molecule has 3 atom stereocenters. The first-order valence-corrected chi connectivity index (χ1v) is 7.25. The lowest BCUT2D eigenvalue weighted by Gasteiger charge is -2.29. The van der Waals surface area contributed by atoms with E-state index in [4.69, 9.17) is 4.74 Å². The SMILES string of the molecule is Oc1ccc2c(c1)OCC2N1CCC2CCC(C1)N2. The number of phenols is 1. The molecule has 3 unspecified atom stereocenters. The standard InChI is InChI=1S/C15H20N2O2/c18-12-3-4-13-14(9-19-15(13)7-12)17-6-5-10-1-2-11(8-17)16-10/h3-4,7,10-11,14,16,18H,1-2,5-6,8-9H2. The fraction of sp³-hybridized carbons (Fsp3) is 0.600. The Morgan fingerprint density at radius 1 is 1.21 bits per heavy atom. The summed E-state index contributed by atoms with van der Waals surface area (Å²) >= 11 is 0. The van der Waals surface area contributed by atoms with Crippen molar-refractivity contribution >= 4 is 0 Å². The Labute approximate surface area is 113 Å². The molecule has 0 aromatic heterocycles. The van der Waals surface area contributed by atoms with Gasteiger partial charge in [0, 0.05) is 36.8 Å². The van der Waals surface area contributed by atoms with E-state index in [1.165, 1.54) is 24.8 Å². The van der Waals surface area contributed by atoms with Gasteiger partial charge < -0.3 is 15.2 Å². The van der Waals surface area contributed by atoms with Gasteiger partial charge in [0.15, 0.2) is 0 Å². The van der Waals surface area contributed by atoms with E-state index in [-0.39, 0.29) is 5.75 Å². The fourth-order valence-corrected chi connectivity index (χ4v) is 3.74. The van der Waals surface area contributed by atoms with Crippen LogP contribution in [0.2, 0.25) is 0 Å². The van der Waals surface area contributed by atoms with Gasteiger partial charge in [-0.15, -0.1) is 0 Å². The molecule has 3 aliphatic rings. The number of likely N-dealkylation sites (tertiary alicyclic amines) is 1. The summed E-state index contributed by atoms with van der Waals surface area (Å²) in [5.74, 6) is 1.14. The maximum atomic E-state index is 9.52. The Hall–Kier alpha value is -1.26. The molecule has 0 saturated carbocycles. The monoisotopic (exact) mass is 260 g/mol. The van der Waals surface area contributed by atoms with Crippen LogP contribution in [0, 0.1) is 0 Å². The number of aromatic hydroxyl groups is 1. The molecule has 19 heavy (non-hydrogen) atoms. The Kier molecular flexibility index (Phi) is 2.67. The van der Waals surface area contributed by atoms with E-state index < -0.39 is 0 Å². The smallest absolute Gasteiger partial charge is 0.127 e.